The zero-order valence-corrected chi connectivity index (χ0v) is 20.6. The molecule has 1 saturated heterocycles. The largest absolute Gasteiger partial charge is 0.379 e. The first-order valence-electron chi connectivity index (χ1n) is 11.6. The van der Waals surface area contributed by atoms with Gasteiger partial charge in [0.05, 0.1) is 25.3 Å². The number of halogens is 1. The number of hydrogen-bond acceptors (Lipinski definition) is 5. The molecule has 2 heterocycles. The molecular formula is C25H34ClN3O2S. The molecule has 174 valence electrons. The van der Waals surface area contributed by atoms with Gasteiger partial charge >= 0.3 is 0 Å². The second kappa shape index (κ2) is 10.7. The van der Waals surface area contributed by atoms with Gasteiger partial charge in [0.1, 0.15) is 0 Å². The molecule has 7 heteroatoms. The molecule has 1 saturated carbocycles. The monoisotopic (exact) mass is 475 g/mol. The van der Waals surface area contributed by atoms with Crippen LogP contribution in [0.1, 0.15) is 37.7 Å². The molecule has 1 aliphatic carbocycles. The molecule has 0 atom stereocenters. The van der Waals surface area contributed by atoms with Crippen molar-refractivity contribution in [3.63, 3.8) is 0 Å². The number of hydrogen-bond donors (Lipinski definition) is 1. The van der Waals surface area contributed by atoms with Gasteiger partial charge in [-0.2, -0.15) is 0 Å². The Morgan fingerprint density at radius 2 is 1.97 bits per heavy atom. The number of fused-ring (bicyclic) bond motifs is 1. The van der Waals surface area contributed by atoms with Crippen molar-refractivity contribution in [1.82, 2.24) is 14.8 Å². The molecule has 0 unspecified atom stereocenters. The third-order valence-electron chi connectivity index (χ3n) is 6.94. The van der Waals surface area contributed by atoms with E-state index in [9.17, 15) is 4.79 Å². The highest BCUT2D eigenvalue weighted by Crippen LogP contribution is 2.34. The fourth-order valence-electron chi connectivity index (χ4n) is 5.28. The van der Waals surface area contributed by atoms with Gasteiger partial charge in [-0.3, -0.25) is 9.69 Å². The number of aromatic nitrogens is 1. The molecule has 1 N–H and O–H groups in total. The number of rotatable bonds is 8. The van der Waals surface area contributed by atoms with Crippen molar-refractivity contribution in [2.24, 2.45) is 0 Å². The molecule has 0 radical (unpaired) electrons. The lowest BCUT2D eigenvalue weighted by atomic mass is 9.79. The summed E-state index contributed by atoms with van der Waals surface area (Å²) in [5, 5.41) is 5.18. The number of thioether (sulfide) groups is 1. The number of ether oxygens (including phenoxy) is 1. The number of benzene rings is 1. The normalized spacial score (nSPS) is 19.3. The van der Waals surface area contributed by atoms with Crippen LogP contribution in [-0.2, 0) is 17.8 Å². The van der Waals surface area contributed by atoms with Crippen molar-refractivity contribution in [2.45, 2.75) is 55.6 Å². The van der Waals surface area contributed by atoms with Crippen molar-refractivity contribution >= 4 is 34.3 Å². The topological polar surface area (TPSA) is 46.5 Å². The summed E-state index contributed by atoms with van der Waals surface area (Å²) in [5.41, 5.74) is 1.87. The Hall–Kier alpha value is -1.31. The molecule has 0 bridgehead atoms. The van der Waals surface area contributed by atoms with Crippen LogP contribution >= 0.6 is 23.4 Å². The third-order valence-corrected chi connectivity index (χ3v) is 7.79. The highest BCUT2D eigenvalue weighted by Gasteiger charge is 2.38. The van der Waals surface area contributed by atoms with E-state index in [0.29, 0.717) is 18.1 Å². The first-order chi connectivity index (χ1) is 15.5. The van der Waals surface area contributed by atoms with Gasteiger partial charge in [0.15, 0.2) is 0 Å². The Morgan fingerprint density at radius 1 is 1.22 bits per heavy atom. The van der Waals surface area contributed by atoms with Crippen LogP contribution in [0.15, 0.2) is 45.6 Å². The van der Waals surface area contributed by atoms with Gasteiger partial charge in [-0.1, -0.05) is 43.5 Å². The van der Waals surface area contributed by atoms with E-state index in [4.69, 9.17) is 16.3 Å². The zero-order chi connectivity index (χ0) is 22.6. The summed E-state index contributed by atoms with van der Waals surface area (Å²) in [5.74, 6) is 0. The smallest absolute Gasteiger partial charge is 0.255 e. The van der Waals surface area contributed by atoms with Crippen molar-refractivity contribution in [1.29, 1.82) is 0 Å². The summed E-state index contributed by atoms with van der Waals surface area (Å²) in [4.78, 5) is 17.1. The zero-order valence-electron chi connectivity index (χ0n) is 19.0. The summed E-state index contributed by atoms with van der Waals surface area (Å²) >= 11 is 7.80. The minimum atomic E-state index is 0.00844. The Morgan fingerprint density at radius 3 is 2.66 bits per heavy atom. The first kappa shape index (κ1) is 23.8. The van der Waals surface area contributed by atoms with E-state index < -0.39 is 0 Å². The third kappa shape index (κ3) is 5.26. The standard InChI is InChI=1S/C25H34ClN3O2S/c1-19(26)17-29-23-15-22(32-2)7-6-20(23)14-21(24(29)30)16-27-18-25(8-4-3-5-9-25)28-10-12-31-13-11-28/h6-7,14-15,27H,1,3-5,8-13,16-18H2,2H3. The van der Waals surface area contributed by atoms with E-state index in [0.717, 1.165) is 54.2 Å². The second-order valence-electron chi connectivity index (χ2n) is 8.99. The lowest BCUT2D eigenvalue weighted by Crippen LogP contribution is -2.59. The molecule has 1 aliphatic heterocycles. The summed E-state index contributed by atoms with van der Waals surface area (Å²) < 4.78 is 7.37. The highest BCUT2D eigenvalue weighted by molar-refractivity contribution is 7.98. The van der Waals surface area contributed by atoms with Gasteiger partial charge in [-0.15, -0.1) is 11.8 Å². The Labute approximate surface area is 200 Å². The fraction of sp³-hybridized carbons (Fsp3) is 0.560. The van der Waals surface area contributed by atoms with E-state index in [2.05, 4.69) is 35.0 Å². The van der Waals surface area contributed by atoms with Gasteiger partial charge in [-0.25, -0.2) is 0 Å². The van der Waals surface area contributed by atoms with Gasteiger partial charge in [0, 0.05) is 47.2 Å². The Kier molecular flexibility index (Phi) is 8.00. The maximum atomic E-state index is 13.4. The molecule has 4 rings (SSSR count). The number of morpholine rings is 1. The molecule has 32 heavy (non-hydrogen) atoms. The number of nitrogens with zero attached hydrogens (tertiary/aromatic N) is 2. The van der Waals surface area contributed by atoms with Crippen LogP contribution in [0.2, 0.25) is 0 Å². The predicted octanol–water partition coefficient (Wildman–Crippen LogP) is 4.60. The quantitative estimate of drug-likeness (QED) is 0.565. The van der Waals surface area contributed by atoms with Crippen LogP contribution in [-0.4, -0.2) is 54.1 Å². The number of pyridine rings is 1. The van der Waals surface area contributed by atoms with Gasteiger partial charge in [-0.05, 0) is 42.7 Å². The van der Waals surface area contributed by atoms with E-state index in [1.165, 1.54) is 32.1 Å². The molecule has 0 amide bonds. The number of allylic oxidation sites excluding steroid dienone is 1. The van der Waals surface area contributed by atoms with Gasteiger partial charge in [0.25, 0.3) is 5.56 Å². The van der Waals surface area contributed by atoms with Crippen LogP contribution in [0.25, 0.3) is 10.9 Å². The molecule has 2 aliphatic rings. The van der Waals surface area contributed by atoms with Gasteiger partial charge < -0.3 is 14.6 Å². The molecule has 1 aromatic heterocycles. The molecular weight excluding hydrogens is 442 g/mol. The van der Waals surface area contributed by atoms with E-state index in [-0.39, 0.29) is 11.1 Å². The van der Waals surface area contributed by atoms with Crippen molar-refractivity contribution < 1.29 is 4.74 Å². The van der Waals surface area contributed by atoms with Crippen LogP contribution in [0.4, 0.5) is 0 Å². The summed E-state index contributed by atoms with van der Waals surface area (Å²) in [6.07, 6.45) is 8.34. The molecule has 0 spiro atoms. The SMILES string of the molecule is C=C(Cl)Cn1c(=O)c(CNCC2(N3CCOCC3)CCCCC2)cc2ccc(SC)cc21. The number of nitrogens with one attached hydrogen (secondary N) is 1. The van der Waals surface area contributed by atoms with E-state index >= 15 is 0 Å². The van der Waals surface area contributed by atoms with E-state index in [1.54, 1.807) is 16.3 Å². The molecule has 2 fully saturated rings. The fourth-order valence-corrected chi connectivity index (χ4v) is 5.83. The minimum Gasteiger partial charge on any atom is -0.379 e. The Bertz CT molecular complexity index is 1010. The molecule has 5 nitrogen and oxygen atoms in total. The van der Waals surface area contributed by atoms with Crippen LogP contribution in [0.5, 0.6) is 0 Å². The van der Waals surface area contributed by atoms with Crippen molar-refractivity contribution in [3.8, 4) is 0 Å². The Balaban J connectivity index is 1.57. The summed E-state index contributed by atoms with van der Waals surface area (Å²) in [6, 6.07) is 8.29. The van der Waals surface area contributed by atoms with Crippen LogP contribution in [0.3, 0.4) is 0 Å². The maximum absolute atomic E-state index is 13.4. The summed E-state index contributed by atoms with van der Waals surface area (Å²) in [7, 11) is 0. The van der Waals surface area contributed by atoms with Gasteiger partial charge in [0.2, 0.25) is 0 Å². The van der Waals surface area contributed by atoms with Crippen molar-refractivity contribution in [2.75, 3.05) is 39.1 Å². The average Bonchev–Trinajstić information content (AvgIpc) is 2.82. The van der Waals surface area contributed by atoms with Crippen LogP contribution in [0, 0.1) is 0 Å². The lowest BCUT2D eigenvalue weighted by molar-refractivity contribution is -0.0369. The maximum Gasteiger partial charge on any atom is 0.255 e. The highest BCUT2D eigenvalue weighted by atomic mass is 35.5. The van der Waals surface area contributed by atoms with Crippen molar-refractivity contribution in [3.05, 3.63) is 51.8 Å². The summed E-state index contributed by atoms with van der Waals surface area (Å²) in [6.45, 7) is 9.23. The first-order valence-corrected chi connectivity index (χ1v) is 13.2. The predicted molar refractivity (Wildman–Crippen MR) is 135 cm³/mol. The molecule has 1 aromatic carbocycles. The van der Waals surface area contributed by atoms with Crippen LogP contribution < -0.4 is 10.9 Å². The lowest BCUT2D eigenvalue weighted by Gasteiger charge is -2.48. The second-order valence-corrected chi connectivity index (χ2v) is 10.4. The molecule has 2 aromatic rings. The van der Waals surface area contributed by atoms with E-state index in [1.807, 2.05) is 12.3 Å². The average molecular weight is 476 g/mol. The minimum absolute atomic E-state index is 0.00844.